The van der Waals surface area contributed by atoms with Gasteiger partial charge in [-0.3, -0.25) is 0 Å². The lowest BCUT2D eigenvalue weighted by Crippen LogP contribution is -2.08. The van der Waals surface area contributed by atoms with Crippen LogP contribution < -0.4 is 5.32 Å². The summed E-state index contributed by atoms with van der Waals surface area (Å²) in [6.45, 7) is 8.50. The second kappa shape index (κ2) is 5.52. The van der Waals surface area contributed by atoms with Crippen LogP contribution in [0.1, 0.15) is 36.1 Å². The van der Waals surface area contributed by atoms with Crippen LogP contribution in [0.15, 0.2) is 24.3 Å². The molecule has 2 aromatic rings. The molecule has 0 saturated heterocycles. The van der Waals surface area contributed by atoms with Crippen LogP contribution in [-0.4, -0.2) is 0 Å². The molecule has 0 aliphatic heterocycles. The first-order chi connectivity index (χ1) is 9.29. The minimum Gasteiger partial charge on any atom is -0.375 e. The van der Waals surface area contributed by atoms with E-state index >= 15 is 0 Å². The number of aryl methyl sites for hydroxylation is 1. The molecule has 20 heavy (non-hydrogen) atoms. The molecule has 1 aromatic carbocycles. The van der Waals surface area contributed by atoms with Crippen molar-refractivity contribution in [1.82, 2.24) is 0 Å². The molecule has 1 nitrogen and oxygen atoms in total. The molecule has 0 amide bonds. The molecule has 2 rings (SSSR count). The van der Waals surface area contributed by atoms with Crippen molar-refractivity contribution >= 4 is 17.0 Å². The molecule has 0 saturated carbocycles. The van der Waals surface area contributed by atoms with Crippen molar-refractivity contribution in [2.75, 3.05) is 5.32 Å². The summed E-state index contributed by atoms with van der Waals surface area (Å²) < 4.78 is 27.5. The molecular weight excluding hydrogens is 276 g/mol. The van der Waals surface area contributed by atoms with Gasteiger partial charge in [0.15, 0.2) is 5.82 Å². The van der Waals surface area contributed by atoms with Gasteiger partial charge < -0.3 is 5.32 Å². The summed E-state index contributed by atoms with van der Waals surface area (Å²) in [4.78, 5) is 2.33. The largest absolute Gasteiger partial charge is 0.375 e. The topological polar surface area (TPSA) is 12.0 Å². The molecule has 0 aliphatic rings. The summed E-state index contributed by atoms with van der Waals surface area (Å²) >= 11 is 1.67. The Morgan fingerprint density at radius 3 is 2.40 bits per heavy atom. The van der Waals surface area contributed by atoms with E-state index in [0.29, 0.717) is 12.1 Å². The molecule has 0 fully saturated rings. The first kappa shape index (κ1) is 15.0. The van der Waals surface area contributed by atoms with E-state index in [-0.39, 0.29) is 11.1 Å². The van der Waals surface area contributed by atoms with Gasteiger partial charge in [-0.1, -0.05) is 26.8 Å². The van der Waals surface area contributed by atoms with Crippen LogP contribution in [0.5, 0.6) is 0 Å². The Morgan fingerprint density at radius 2 is 1.80 bits per heavy atom. The van der Waals surface area contributed by atoms with Crippen molar-refractivity contribution in [2.45, 2.75) is 39.7 Å². The molecular formula is C16H19F2NS. The van der Waals surface area contributed by atoms with Crippen molar-refractivity contribution < 1.29 is 8.78 Å². The third kappa shape index (κ3) is 3.18. The molecule has 0 spiro atoms. The van der Waals surface area contributed by atoms with E-state index in [1.807, 2.05) is 6.07 Å². The van der Waals surface area contributed by atoms with E-state index in [1.165, 1.54) is 17.0 Å². The van der Waals surface area contributed by atoms with Gasteiger partial charge in [0.2, 0.25) is 0 Å². The average molecular weight is 295 g/mol. The highest BCUT2D eigenvalue weighted by Gasteiger charge is 2.16. The molecule has 0 aliphatic carbocycles. The van der Waals surface area contributed by atoms with Crippen molar-refractivity contribution in [1.29, 1.82) is 0 Å². The Bertz CT molecular complexity index is 611. The molecule has 4 heteroatoms. The van der Waals surface area contributed by atoms with Gasteiger partial charge in [0.1, 0.15) is 11.5 Å². The van der Waals surface area contributed by atoms with E-state index in [9.17, 15) is 8.78 Å². The third-order valence-corrected chi connectivity index (χ3v) is 4.64. The second-order valence-corrected chi connectivity index (χ2v) is 7.09. The summed E-state index contributed by atoms with van der Waals surface area (Å²) in [5.74, 6) is -1.07. The van der Waals surface area contributed by atoms with Gasteiger partial charge >= 0.3 is 0 Å². The number of halogens is 2. The molecule has 108 valence electrons. The minimum atomic E-state index is -0.555. The molecule has 0 radical (unpaired) electrons. The molecule has 0 unspecified atom stereocenters. The summed E-state index contributed by atoms with van der Waals surface area (Å²) in [5, 5.41) is 2.86. The van der Waals surface area contributed by atoms with Crippen molar-refractivity contribution in [3.05, 3.63) is 51.2 Å². The maximum atomic E-state index is 13.9. The molecule has 1 aromatic heterocycles. The molecule has 0 bridgehead atoms. The number of hydrogen-bond donors (Lipinski definition) is 1. The van der Waals surface area contributed by atoms with Gasteiger partial charge in [0.05, 0.1) is 0 Å². The zero-order chi connectivity index (χ0) is 14.9. The SMILES string of the molecule is Cc1ccc(F)c(NCc2ccc(C(C)(C)C)s2)c1F. The number of hydrogen-bond acceptors (Lipinski definition) is 2. The lowest BCUT2D eigenvalue weighted by molar-refractivity contribution is 0.582. The lowest BCUT2D eigenvalue weighted by Gasteiger charge is -2.15. The fraction of sp³-hybridized carbons (Fsp3) is 0.375. The van der Waals surface area contributed by atoms with Gasteiger partial charge in [-0.05, 0) is 36.1 Å². The smallest absolute Gasteiger partial charge is 0.152 e. The van der Waals surface area contributed by atoms with Crippen LogP contribution in [-0.2, 0) is 12.0 Å². The lowest BCUT2D eigenvalue weighted by atomic mass is 9.95. The van der Waals surface area contributed by atoms with Crippen LogP contribution >= 0.6 is 11.3 Å². The van der Waals surface area contributed by atoms with Crippen molar-refractivity contribution in [3.63, 3.8) is 0 Å². The van der Waals surface area contributed by atoms with Gasteiger partial charge in [-0.2, -0.15) is 0 Å². The minimum absolute atomic E-state index is 0.0456. The van der Waals surface area contributed by atoms with Crippen LogP contribution in [0.4, 0.5) is 14.5 Å². The first-order valence-corrected chi connectivity index (χ1v) is 7.38. The number of anilines is 1. The predicted octanol–water partition coefficient (Wildman–Crippen LogP) is 5.24. The van der Waals surface area contributed by atoms with Crippen molar-refractivity contribution in [3.8, 4) is 0 Å². The number of thiophene rings is 1. The Kier molecular flexibility index (Phi) is 4.14. The van der Waals surface area contributed by atoms with Gasteiger partial charge in [-0.15, -0.1) is 11.3 Å². The van der Waals surface area contributed by atoms with E-state index in [1.54, 1.807) is 18.3 Å². The Labute approximate surface area is 122 Å². The number of rotatable bonds is 3. The summed E-state index contributed by atoms with van der Waals surface area (Å²) in [6, 6.07) is 6.81. The quantitative estimate of drug-likeness (QED) is 0.816. The highest BCUT2D eigenvalue weighted by molar-refractivity contribution is 7.12. The fourth-order valence-electron chi connectivity index (χ4n) is 1.87. The molecule has 1 heterocycles. The Morgan fingerprint density at radius 1 is 1.10 bits per heavy atom. The standard InChI is InChI=1S/C16H19F2NS/c1-10-5-7-12(17)15(14(10)18)19-9-11-6-8-13(20-11)16(2,3)4/h5-8,19H,9H2,1-4H3. The molecule has 0 atom stereocenters. The van der Waals surface area contributed by atoms with Crippen LogP contribution in [0.3, 0.4) is 0 Å². The van der Waals surface area contributed by atoms with Crippen LogP contribution in [0, 0.1) is 18.6 Å². The van der Waals surface area contributed by atoms with E-state index < -0.39 is 11.6 Å². The first-order valence-electron chi connectivity index (χ1n) is 6.56. The average Bonchev–Trinajstić information content (AvgIpc) is 2.83. The predicted molar refractivity (Wildman–Crippen MR) is 81.4 cm³/mol. The fourth-order valence-corrected chi connectivity index (χ4v) is 2.88. The highest BCUT2D eigenvalue weighted by atomic mass is 32.1. The molecule has 1 N–H and O–H groups in total. The normalized spacial score (nSPS) is 11.7. The van der Waals surface area contributed by atoms with E-state index in [0.717, 1.165) is 4.88 Å². The monoisotopic (exact) mass is 295 g/mol. The summed E-state index contributed by atoms with van der Waals surface area (Å²) in [6.07, 6.45) is 0. The van der Waals surface area contributed by atoms with Crippen LogP contribution in [0.2, 0.25) is 0 Å². The Hall–Kier alpha value is -1.42. The maximum absolute atomic E-state index is 13.9. The van der Waals surface area contributed by atoms with E-state index in [2.05, 4.69) is 32.2 Å². The Balaban J connectivity index is 2.14. The van der Waals surface area contributed by atoms with Gasteiger partial charge in [-0.25, -0.2) is 8.78 Å². The highest BCUT2D eigenvalue weighted by Crippen LogP contribution is 2.30. The van der Waals surface area contributed by atoms with E-state index in [4.69, 9.17) is 0 Å². The van der Waals surface area contributed by atoms with Gasteiger partial charge in [0.25, 0.3) is 0 Å². The van der Waals surface area contributed by atoms with Crippen molar-refractivity contribution in [2.24, 2.45) is 0 Å². The maximum Gasteiger partial charge on any atom is 0.152 e. The number of benzene rings is 1. The third-order valence-electron chi connectivity index (χ3n) is 3.12. The zero-order valence-corrected chi connectivity index (χ0v) is 13.0. The summed E-state index contributed by atoms with van der Waals surface area (Å²) in [5.41, 5.74) is 0.495. The second-order valence-electron chi connectivity index (χ2n) is 5.92. The zero-order valence-electron chi connectivity index (χ0n) is 12.2. The van der Waals surface area contributed by atoms with Gasteiger partial charge in [0, 0.05) is 16.3 Å². The summed E-state index contributed by atoms with van der Waals surface area (Å²) in [7, 11) is 0. The van der Waals surface area contributed by atoms with Crippen LogP contribution in [0.25, 0.3) is 0 Å². The number of nitrogens with one attached hydrogen (secondary N) is 1.